The topological polar surface area (TPSA) is 95.1 Å². The summed E-state index contributed by atoms with van der Waals surface area (Å²) in [5.41, 5.74) is -0.378. The lowest BCUT2D eigenvalue weighted by atomic mass is 9.97. The lowest BCUT2D eigenvalue weighted by Gasteiger charge is -2.35. The van der Waals surface area contributed by atoms with Crippen molar-refractivity contribution in [3.05, 3.63) is 27.9 Å². The normalized spacial score (nSPS) is 25.1. The quantitative estimate of drug-likeness (QED) is 0.674. The first-order valence-corrected chi connectivity index (χ1v) is 7.23. The highest BCUT2D eigenvalue weighted by Crippen LogP contribution is 2.28. The summed E-state index contributed by atoms with van der Waals surface area (Å²) in [6.45, 7) is 2.28. The first kappa shape index (κ1) is 13.8. The van der Waals surface area contributed by atoms with Crippen LogP contribution in [0.3, 0.4) is 0 Å². The van der Waals surface area contributed by atoms with Crippen molar-refractivity contribution in [2.24, 2.45) is 0 Å². The molecule has 7 nitrogen and oxygen atoms in total. The Labute approximate surface area is 122 Å². The van der Waals surface area contributed by atoms with Crippen LogP contribution in [0.15, 0.2) is 12.1 Å². The van der Waals surface area contributed by atoms with Crippen LogP contribution in [0.25, 0.3) is 0 Å². The fourth-order valence-corrected chi connectivity index (χ4v) is 3.33. The van der Waals surface area contributed by atoms with Gasteiger partial charge in [0.1, 0.15) is 11.9 Å². The Morgan fingerprint density at radius 2 is 2.29 bits per heavy atom. The van der Waals surface area contributed by atoms with Crippen molar-refractivity contribution >= 4 is 11.5 Å². The van der Waals surface area contributed by atoms with Crippen LogP contribution < -0.4 is 5.32 Å². The largest absolute Gasteiger partial charge is 0.367 e. The molecule has 1 aromatic heterocycles. The van der Waals surface area contributed by atoms with Gasteiger partial charge in [-0.3, -0.25) is 10.1 Å². The van der Waals surface area contributed by atoms with Gasteiger partial charge in [-0.1, -0.05) is 0 Å². The Hall–Kier alpha value is -2.20. The van der Waals surface area contributed by atoms with Crippen LogP contribution in [0.1, 0.15) is 31.4 Å². The zero-order valence-electron chi connectivity index (χ0n) is 11.7. The van der Waals surface area contributed by atoms with E-state index in [9.17, 15) is 10.1 Å². The second kappa shape index (κ2) is 5.66. The van der Waals surface area contributed by atoms with Crippen LogP contribution in [0, 0.1) is 21.4 Å². The van der Waals surface area contributed by atoms with Gasteiger partial charge in [0.25, 0.3) is 0 Å². The molecule has 7 heteroatoms. The fraction of sp³-hybridized carbons (Fsp3) is 0.571. The Bertz CT molecular complexity index is 598. The molecular weight excluding hydrogens is 270 g/mol. The van der Waals surface area contributed by atoms with Crippen LogP contribution in [0.4, 0.5) is 11.5 Å². The summed E-state index contributed by atoms with van der Waals surface area (Å²) in [6.07, 6.45) is 4.62. The lowest BCUT2D eigenvalue weighted by Crippen LogP contribution is -2.42. The molecule has 2 fully saturated rings. The van der Waals surface area contributed by atoms with E-state index in [0.717, 1.165) is 19.4 Å². The average Bonchev–Trinajstić information content (AvgIpc) is 2.94. The molecule has 0 bridgehead atoms. The first-order valence-electron chi connectivity index (χ1n) is 7.23. The van der Waals surface area contributed by atoms with E-state index in [0.29, 0.717) is 17.9 Å². The van der Waals surface area contributed by atoms with Crippen molar-refractivity contribution in [2.75, 3.05) is 18.4 Å². The third-order valence-electron chi connectivity index (χ3n) is 4.35. The van der Waals surface area contributed by atoms with Gasteiger partial charge in [-0.15, -0.1) is 0 Å². The molecule has 3 rings (SSSR count). The summed E-state index contributed by atoms with van der Waals surface area (Å²) in [7, 11) is 0. The third-order valence-corrected chi connectivity index (χ3v) is 4.35. The Kier molecular flexibility index (Phi) is 3.71. The molecule has 0 radical (unpaired) electrons. The summed E-state index contributed by atoms with van der Waals surface area (Å²) in [5.74, 6) is 0.550. The van der Waals surface area contributed by atoms with Crippen LogP contribution >= 0.6 is 0 Å². The second-order valence-electron chi connectivity index (χ2n) is 5.63. The van der Waals surface area contributed by atoms with E-state index in [1.165, 1.54) is 25.5 Å². The maximum absolute atomic E-state index is 10.8. The first-order chi connectivity index (χ1) is 10.2. The van der Waals surface area contributed by atoms with Gasteiger partial charge < -0.3 is 10.2 Å². The molecular formula is C14H17N5O2. The summed E-state index contributed by atoms with van der Waals surface area (Å²) in [5, 5.41) is 23.1. The molecule has 110 valence electrons. The summed E-state index contributed by atoms with van der Waals surface area (Å²) in [4.78, 5) is 16.8. The molecule has 0 amide bonds. The highest BCUT2D eigenvalue weighted by Gasteiger charge is 2.31. The molecule has 21 heavy (non-hydrogen) atoms. The van der Waals surface area contributed by atoms with Gasteiger partial charge in [-0.25, -0.2) is 4.98 Å². The number of anilines is 1. The summed E-state index contributed by atoms with van der Waals surface area (Å²) >= 11 is 0. The standard InChI is InChI=1S/C14H17N5O2/c15-9-12-13(19(20)21)3-4-14(17-12)16-10-5-7-18-6-1-2-11(18)8-10/h3-4,10-11H,1-2,5-8H2,(H,16,17). The molecule has 2 saturated heterocycles. The van der Waals surface area contributed by atoms with E-state index >= 15 is 0 Å². The molecule has 2 aliphatic rings. The van der Waals surface area contributed by atoms with E-state index in [4.69, 9.17) is 5.26 Å². The molecule has 3 heterocycles. The monoisotopic (exact) mass is 287 g/mol. The molecule has 1 N–H and O–H groups in total. The summed E-state index contributed by atoms with van der Waals surface area (Å²) in [6, 6.07) is 5.69. The number of aromatic nitrogens is 1. The average molecular weight is 287 g/mol. The van der Waals surface area contributed by atoms with Crippen LogP contribution in [0.5, 0.6) is 0 Å². The predicted molar refractivity (Wildman–Crippen MR) is 76.8 cm³/mol. The van der Waals surface area contributed by atoms with Crippen LogP contribution in [-0.2, 0) is 0 Å². The van der Waals surface area contributed by atoms with Gasteiger partial charge in [-0.2, -0.15) is 5.26 Å². The smallest absolute Gasteiger partial charge is 0.305 e. The van der Waals surface area contributed by atoms with Crippen molar-refractivity contribution in [3.8, 4) is 6.07 Å². The number of nitrogens with zero attached hydrogens (tertiary/aromatic N) is 4. The SMILES string of the molecule is N#Cc1nc(NC2CCN3CCCC3C2)ccc1[N+](=O)[O-]. The number of fused-ring (bicyclic) bond motifs is 1. The molecule has 0 aromatic carbocycles. The van der Waals surface area contributed by atoms with Crippen molar-refractivity contribution in [1.82, 2.24) is 9.88 Å². The number of pyridine rings is 1. The minimum atomic E-state index is -0.577. The number of nitrogens with one attached hydrogen (secondary N) is 1. The van der Waals surface area contributed by atoms with Crippen molar-refractivity contribution < 1.29 is 4.92 Å². The molecule has 2 unspecified atom stereocenters. The van der Waals surface area contributed by atoms with E-state index in [1.807, 2.05) is 0 Å². The number of hydrogen-bond acceptors (Lipinski definition) is 6. The Morgan fingerprint density at radius 3 is 3.05 bits per heavy atom. The summed E-state index contributed by atoms with van der Waals surface area (Å²) < 4.78 is 0. The number of rotatable bonds is 3. The van der Waals surface area contributed by atoms with E-state index in [1.54, 1.807) is 12.1 Å². The van der Waals surface area contributed by atoms with Crippen molar-refractivity contribution in [2.45, 2.75) is 37.8 Å². The van der Waals surface area contributed by atoms with E-state index in [-0.39, 0.29) is 11.4 Å². The molecule has 0 saturated carbocycles. The zero-order chi connectivity index (χ0) is 14.8. The maximum Gasteiger partial charge on any atom is 0.305 e. The lowest BCUT2D eigenvalue weighted by molar-refractivity contribution is -0.385. The minimum Gasteiger partial charge on any atom is -0.367 e. The predicted octanol–water partition coefficient (Wildman–Crippen LogP) is 1.90. The van der Waals surface area contributed by atoms with Gasteiger partial charge >= 0.3 is 5.69 Å². The van der Waals surface area contributed by atoms with Gasteiger partial charge in [0.2, 0.25) is 5.69 Å². The van der Waals surface area contributed by atoms with Gasteiger partial charge in [0, 0.05) is 24.7 Å². The highest BCUT2D eigenvalue weighted by molar-refractivity contribution is 5.50. The number of nitriles is 1. The molecule has 0 spiro atoms. The highest BCUT2D eigenvalue weighted by atomic mass is 16.6. The zero-order valence-corrected chi connectivity index (χ0v) is 11.7. The molecule has 2 aliphatic heterocycles. The molecule has 1 aromatic rings. The minimum absolute atomic E-state index is 0.136. The Morgan fingerprint density at radius 1 is 1.43 bits per heavy atom. The van der Waals surface area contributed by atoms with Crippen LogP contribution in [0.2, 0.25) is 0 Å². The van der Waals surface area contributed by atoms with Crippen molar-refractivity contribution in [1.29, 1.82) is 5.26 Å². The number of piperidine rings is 1. The van der Waals surface area contributed by atoms with Gasteiger partial charge in [0.15, 0.2) is 0 Å². The third kappa shape index (κ3) is 2.81. The maximum atomic E-state index is 10.8. The van der Waals surface area contributed by atoms with E-state index < -0.39 is 4.92 Å². The van der Waals surface area contributed by atoms with Gasteiger partial charge in [-0.05, 0) is 38.3 Å². The van der Waals surface area contributed by atoms with Crippen molar-refractivity contribution in [3.63, 3.8) is 0 Å². The second-order valence-corrected chi connectivity index (χ2v) is 5.63. The number of hydrogen-bond donors (Lipinski definition) is 1. The molecule has 2 atom stereocenters. The van der Waals surface area contributed by atoms with Gasteiger partial charge in [0.05, 0.1) is 4.92 Å². The van der Waals surface area contributed by atoms with Crippen LogP contribution in [-0.4, -0.2) is 40.0 Å². The fourth-order valence-electron chi connectivity index (χ4n) is 3.33. The Balaban J connectivity index is 1.70. The van der Waals surface area contributed by atoms with E-state index in [2.05, 4.69) is 15.2 Å². The molecule has 0 aliphatic carbocycles. The number of nitro groups is 1.